The Labute approximate surface area is 370 Å². The Morgan fingerprint density at radius 1 is 0.359 bits per heavy atom. The minimum atomic E-state index is -0.475. The summed E-state index contributed by atoms with van der Waals surface area (Å²) in [5.41, 5.74) is 20.8. The molecule has 12 aromatic rings. The van der Waals surface area contributed by atoms with Gasteiger partial charge in [-0.3, -0.25) is 0 Å². The lowest BCUT2D eigenvalue weighted by Gasteiger charge is -2.33. The monoisotopic (exact) mass is 814 g/mol. The van der Waals surface area contributed by atoms with Gasteiger partial charge in [0, 0.05) is 38.5 Å². The predicted molar refractivity (Wildman–Crippen MR) is 264 cm³/mol. The van der Waals surface area contributed by atoms with Crippen molar-refractivity contribution in [1.29, 1.82) is 0 Å². The average molecular weight is 815 g/mol. The maximum atomic E-state index is 6.31. The minimum Gasteiger partial charge on any atom is -0.456 e. The number of nitrogens with zero attached hydrogens (tertiary/aromatic N) is 2. The molecule has 3 heteroatoms. The molecule has 2 aromatic heterocycles. The van der Waals surface area contributed by atoms with E-state index < -0.39 is 5.41 Å². The largest absolute Gasteiger partial charge is 0.456 e. The smallest absolute Gasteiger partial charge is 0.135 e. The van der Waals surface area contributed by atoms with Crippen LogP contribution in [-0.2, 0) is 5.41 Å². The van der Waals surface area contributed by atoms with Crippen LogP contribution < -0.4 is 4.90 Å². The van der Waals surface area contributed by atoms with Crippen molar-refractivity contribution < 1.29 is 4.42 Å². The minimum absolute atomic E-state index is 0.475. The van der Waals surface area contributed by atoms with Crippen LogP contribution in [0.1, 0.15) is 22.3 Å². The van der Waals surface area contributed by atoms with Crippen LogP contribution in [-0.4, -0.2) is 4.57 Å². The average Bonchev–Trinajstić information content (AvgIpc) is 4.08. The van der Waals surface area contributed by atoms with E-state index in [0.29, 0.717) is 0 Å². The molecular formula is C61H38N2O. The first-order valence-electron chi connectivity index (χ1n) is 22.1. The number of benzene rings is 10. The van der Waals surface area contributed by atoms with Gasteiger partial charge in [0.1, 0.15) is 11.2 Å². The molecule has 0 bridgehead atoms. The second-order valence-corrected chi connectivity index (χ2v) is 17.1. The van der Waals surface area contributed by atoms with E-state index in [4.69, 9.17) is 4.42 Å². The molecular weight excluding hydrogens is 777 g/mol. The Hall–Kier alpha value is -8.40. The summed E-state index contributed by atoms with van der Waals surface area (Å²) in [6.07, 6.45) is 0. The lowest BCUT2D eigenvalue weighted by Crippen LogP contribution is -2.26. The third-order valence-corrected chi connectivity index (χ3v) is 14.0. The zero-order valence-corrected chi connectivity index (χ0v) is 34.7. The maximum absolute atomic E-state index is 6.31. The molecule has 0 fully saturated rings. The Kier molecular flexibility index (Phi) is 7.32. The van der Waals surface area contributed by atoms with Crippen molar-refractivity contribution in [3.8, 4) is 39.1 Å². The van der Waals surface area contributed by atoms with Crippen molar-refractivity contribution in [2.75, 3.05) is 4.90 Å². The fourth-order valence-corrected chi connectivity index (χ4v) is 11.5. The van der Waals surface area contributed by atoms with Gasteiger partial charge in [0.25, 0.3) is 0 Å². The number of anilines is 3. The number of rotatable bonds is 5. The topological polar surface area (TPSA) is 21.3 Å². The number of fused-ring (bicyclic) bond motifs is 16. The third-order valence-electron chi connectivity index (χ3n) is 14.0. The third kappa shape index (κ3) is 4.70. The molecule has 10 aromatic carbocycles. The van der Waals surface area contributed by atoms with E-state index in [1.807, 2.05) is 12.1 Å². The van der Waals surface area contributed by atoms with E-state index in [1.165, 1.54) is 60.8 Å². The molecule has 2 aliphatic rings. The fourth-order valence-electron chi connectivity index (χ4n) is 11.5. The van der Waals surface area contributed by atoms with Crippen LogP contribution in [0.2, 0.25) is 0 Å². The van der Waals surface area contributed by atoms with Gasteiger partial charge in [-0.05, 0) is 111 Å². The SMILES string of the molecule is c1ccc(-c2ccccc2N(c2ccc3c(c2)C2(c4ccccc4-c4ccccc42)c2ccccc2-3)c2cccc3c2c2ccccc2n3-c2ccc3oc4ccccc4c3c2)cc1. The molecule has 2 aliphatic carbocycles. The van der Waals surface area contributed by atoms with E-state index in [2.05, 4.69) is 228 Å². The summed E-state index contributed by atoms with van der Waals surface area (Å²) < 4.78 is 8.73. The quantitative estimate of drug-likeness (QED) is 0.173. The Morgan fingerprint density at radius 3 is 1.67 bits per heavy atom. The van der Waals surface area contributed by atoms with Gasteiger partial charge >= 0.3 is 0 Å². The number of hydrogen-bond donors (Lipinski definition) is 0. The van der Waals surface area contributed by atoms with Gasteiger partial charge in [-0.15, -0.1) is 0 Å². The Balaban J connectivity index is 1.07. The molecule has 298 valence electrons. The van der Waals surface area contributed by atoms with Gasteiger partial charge in [0.15, 0.2) is 0 Å². The van der Waals surface area contributed by atoms with E-state index in [0.717, 1.165) is 61.3 Å². The number of hydrogen-bond acceptors (Lipinski definition) is 2. The second-order valence-electron chi connectivity index (χ2n) is 17.1. The fraction of sp³-hybridized carbons (Fsp3) is 0.0164. The highest BCUT2D eigenvalue weighted by molar-refractivity contribution is 6.17. The molecule has 0 saturated carbocycles. The molecule has 0 aliphatic heterocycles. The van der Waals surface area contributed by atoms with Crippen LogP contribution >= 0.6 is 0 Å². The van der Waals surface area contributed by atoms with Crippen LogP contribution in [0.4, 0.5) is 17.1 Å². The van der Waals surface area contributed by atoms with Gasteiger partial charge in [0.2, 0.25) is 0 Å². The number of aromatic nitrogens is 1. The van der Waals surface area contributed by atoms with Gasteiger partial charge in [0.05, 0.1) is 27.8 Å². The Bertz CT molecular complexity index is 3810. The Morgan fingerprint density at radius 2 is 0.922 bits per heavy atom. The van der Waals surface area contributed by atoms with Crippen LogP contribution in [0.5, 0.6) is 0 Å². The second kappa shape index (κ2) is 13.3. The predicted octanol–water partition coefficient (Wildman–Crippen LogP) is 16.2. The van der Waals surface area contributed by atoms with E-state index in [-0.39, 0.29) is 0 Å². The maximum Gasteiger partial charge on any atom is 0.135 e. The molecule has 3 nitrogen and oxygen atoms in total. The highest BCUT2D eigenvalue weighted by atomic mass is 16.3. The highest BCUT2D eigenvalue weighted by Gasteiger charge is 2.51. The first-order chi connectivity index (χ1) is 31.8. The molecule has 0 unspecified atom stereocenters. The molecule has 0 N–H and O–H groups in total. The lowest BCUT2D eigenvalue weighted by atomic mass is 9.70. The van der Waals surface area contributed by atoms with Crippen LogP contribution in [0.3, 0.4) is 0 Å². The lowest BCUT2D eigenvalue weighted by molar-refractivity contribution is 0.669. The zero-order chi connectivity index (χ0) is 41.9. The molecule has 0 saturated heterocycles. The molecule has 0 atom stereocenters. The standard InChI is InChI=1S/C61H38N2O/c1-2-17-39(18-3-1)42-19-7-13-28-54(42)63(41-33-35-46-45-22-6-12-27-52(45)61(53(46)38-41)50-25-10-4-20-43(50)44-21-5-11-26-51(44)61)57-31-16-30-56-60(57)48-24-8-14-29-55(48)62(56)40-34-36-59-49(37-40)47-23-9-15-32-58(47)64-59/h1-38H. The van der Waals surface area contributed by atoms with Crippen LogP contribution in [0.25, 0.3) is 82.8 Å². The first-order valence-corrected chi connectivity index (χ1v) is 22.1. The summed E-state index contributed by atoms with van der Waals surface area (Å²) in [4.78, 5) is 2.53. The van der Waals surface area contributed by atoms with Crippen molar-refractivity contribution in [3.05, 3.63) is 253 Å². The summed E-state index contributed by atoms with van der Waals surface area (Å²) in [5, 5.41) is 4.61. The van der Waals surface area contributed by atoms with E-state index in [9.17, 15) is 0 Å². The summed E-state index contributed by atoms with van der Waals surface area (Å²) in [6.45, 7) is 0. The van der Waals surface area contributed by atoms with Crippen LogP contribution in [0, 0.1) is 0 Å². The molecule has 64 heavy (non-hydrogen) atoms. The molecule has 0 amide bonds. The summed E-state index contributed by atoms with van der Waals surface area (Å²) in [5.74, 6) is 0. The van der Waals surface area contributed by atoms with Crippen molar-refractivity contribution in [2.24, 2.45) is 0 Å². The first kappa shape index (κ1) is 35.2. The molecule has 14 rings (SSSR count). The summed E-state index contributed by atoms with van der Waals surface area (Å²) in [7, 11) is 0. The number of para-hydroxylation sites is 3. The number of furan rings is 1. The van der Waals surface area contributed by atoms with Crippen molar-refractivity contribution in [3.63, 3.8) is 0 Å². The normalized spacial score (nSPS) is 13.1. The molecule has 2 heterocycles. The van der Waals surface area contributed by atoms with Crippen LogP contribution in [0.15, 0.2) is 235 Å². The van der Waals surface area contributed by atoms with E-state index in [1.54, 1.807) is 0 Å². The zero-order valence-electron chi connectivity index (χ0n) is 34.7. The summed E-state index contributed by atoms with van der Waals surface area (Å²) in [6, 6.07) is 84.7. The van der Waals surface area contributed by atoms with Crippen molar-refractivity contribution in [2.45, 2.75) is 5.41 Å². The highest BCUT2D eigenvalue weighted by Crippen LogP contribution is 2.63. The molecule has 0 radical (unpaired) electrons. The van der Waals surface area contributed by atoms with Gasteiger partial charge < -0.3 is 13.9 Å². The van der Waals surface area contributed by atoms with Crippen molar-refractivity contribution >= 4 is 60.8 Å². The van der Waals surface area contributed by atoms with Gasteiger partial charge in [-0.2, -0.15) is 0 Å². The van der Waals surface area contributed by atoms with E-state index >= 15 is 0 Å². The van der Waals surface area contributed by atoms with Crippen molar-refractivity contribution in [1.82, 2.24) is 4.57 Å². The van der Waals surface area contributed by atoms with Gasteiger partial charge in [-0.25, -0.2) is 0 Å². The summed E-state index contributed by atoms with van der Waals surface area (Å²) >= 11 is 0. The molecule has 1 spiro atoms. The van der Waals surface area contributed by atoms with Gasteiger partial charge in [-0.1, -0.05) is 170 Å².